The fraction of sp³-hybridized carbons (Fsp3) is 0.190. The van der Waals surface area contributed by atoms with E-state index in [4.69, 9.17) is 0 Å². The summed E-state index contributed by atoms with van der Waals surface area (Å²) in [4.78, 5) is 20.2. The summed E-state index contributed by atoms with van der Waals surface area (Å²) in [6, 6.07) is 12.3. The van der Waals surface area contributed by atoms with E-state index in [1.807, 2.05) is 13.0 Å². The highest BCUT2D eigenvalue weighted by Crippen LogP contribution is 2.24. The smallest absolute Gasteiger partial charge is 0.264 e. The van der Waals surface area contributed by atoms with Crippen molar-refractivity contribution in [3.8, 4) is 0 Å². The van der Waals surface area contributed by atoms with Crippen molar-refractivity contribution in [1.82, 2.24) is 9.97 Å². The number of hydrogen-bond acceptors (Lipinski definition) is 7. The summed E-state index contributed by atoms with van der Waals surface area (Å²) < 4.78 is 52.9. The maximum atomic E-state index is 12.6. The molecule has 0 unspecified atom stereocenters. The third-order valence-corrected chi connectivity index (χ3v) is 7.03. The van der Waals surface area contributed by atoms with Crippen molar-refractivity contribution in [1.29, 1.82) is 0 Å². The molecule has 0 bridgehead atoms. The minimum Gasteiger partial charge on any atom is -0.325 e. The van der Waals surface area contributed by atoms with Crippen LogP contribution in [-0.4, -0.2) is 45.5 Å². The number of aryl methyl sites for hydroxylation is 2. The third kappa shape index (κ3) is 6.26. The molecule has 1 amide bonds. The molecule has 0 aliphatic rings. The van der Waals surface area contributed by atoms with Crippen molar-refractivity contribution in [3.05, 3.63) is 72.1 Å². The molecule has 0 saturated carbocycles. The van der Waals surface area contributed by atoms with Gasteiger partial charge in [-0.15, -0.1) is 0 Å². The first-order chi connectivity index (χ1) is 15.5. The van der Waals surface area contributed by atoms with Crippen LogP contribution in [0.3, 0.4) is 0 Å². The van der Waals surface area contributed by atoms with Gasteiger partial charge in [-0.05, 0) is 61.4 Å². The molecule has 10 nitrogen and oxygen atoms in total. The average Bonchev–Trinajstić information content (AvgIpc) is 2.74. The lowest BCUT2D eigenvalue weighted by atomic mass is 10.1. The summed E-state index contributed by atoms with van der Waals surface area (Å²) in [5.41, 5.74) is 2.30. The Labute approximate surface area is 192 Å². The number of anilines is 3. The van der Waals surface area contributed by atoms with Gasteiger partial charge in [-0.1, -0.05) is 12.1 Å². The third-order valence-electron chi connectivity index (χ3n) is 4.56. The molecular formula is C21H23N5O5S2. The number of hydrogen-bond donors (Lipinski definition) is 2. The molecule has 3 rings (SSSR count). The predicted molar refractivity (Wildman–Crippen MR) is 126 cm³/mol. The van der Waals surface area contributed by atoms with E-state index in [-0.39, 0.29) is 10.8 Å². The van der Waals surface area contributed by atoms with Crippen molar-refractivity contribution in [2.45, 2.75) is 18.7 Å². The zero-order chi connectivity index (χ0) is 24.2. The second-order valence-corrected chi connectivity index (χ2v) is 10.9. The highest BCUT2D eigenvalue weighted by Gasteiger charge is 2.23. The van der Waals surface area contributed by atoms with E-state index in [1.165, 1.54) is 36.7 Å². The zero-order valence-corrected chi connectivity index (χ0v) is 19.8. The van der Waals surface area contributed by atoms with Gasteiger partial charge in [0, 0.05) is 18.1 Å². The van der Waals surface area contributed by atoms with E-state index in [1.54, 1.807) is 25.1 Å². The minimum absolute atomic E-state index is 0.0545. The molecule has 0 atom stereocenters. The summed E-state index contributed by atoms with van der Waals surface area (Å²) in [6.45, 7) is 3.16. The van der Waals surface area contributed by atoms with Crippen LogP contribution >= 0.6 is 0 Å². The van der Waals surface area contributed by atoms with Gasteiger partial charge >= 0.3 is 0 Å². The topological polar surface area (TPSA) is 138 Å². The molecule has 0 radical (unpaired) electrons. The van der Waals surface area contributed by atoms with Crippen molar-refractivity contribution in [2.24, 2.45) is 0 Å². The normalized spacial score (nSPS) is 11.6. The van der Waals surface area contributed by atoms with Gasteiger partial charge in [-0.25, -0.2) is 31.5 Å². The standard InChI is InChI=1S/C21H23N5O5S2/c1-15-5-6-16(2)19(13-15)26(32(3,28)29)14-20(27)24-17-7-9-18(10-8-17)33(30,31)25-21-22-11-4-12-23-21/h4-13H,14H2,1-3H3,(H,24,27)(H,22,23,25). The summed E-state index contributed by atoms with van der Waals surface area (Å²) in [5.74, 6) is -0.644. The maximum Gasteiger partial charge on any atom is 0.264 e. The van der Waals surface area contributed by atoms with Gasteiger partial charge in [0.25, 0.3) is 10.0 Å². The Kier molecular flexibility index (Phi) is 6.98. The Hall–Kier alpha value is -3.51. The second kappa shape index (κ2) is 9.55. The van der Waals surface area contributed by atoms with Gasteiger partial charge in [0.05, 0.1) is 16.8 Å². The van der Waals surface area contributed by atoms with Crippen molar-refractivity contribution < 1.29 is 21.6 Å². The Morgan fingerprint density at radius 1 is 0.970 bits per heavy atom. The van der Waals surface area contributed by atoms with E-state index < -0.39 is 32.5 Å². The van der Waals surface area contributed by atoms with Gasteiger partial charge in [0.1, 0.15) is 6.54 Å². The number of benzene rings is 2. The molecule has 0 aliphatic heterocycles. The van der Waals surface area contributed by atoms with Crippen LogP contribution in [0.15, 0.2) is 65.8 Å². The number of sulfonamides is 2. The fourth-order valence-electron chi connectivity index (χ4n) is 2.95. The van der Waals surface area contributed by atoms with Crippen LogP contribution in [-0.2, 0) is 24.8 Å². The van der Waals surface area contributed by atoms with Crippen LogP contribution < -0.4 is 14.3 Å². The molecule has 2 aromatic carbocycles. The Balaban J connectivity index is 1.74. The van der Waals surface area contributed by atoms with Crippen LogP contribution in [0.4, 0.5) is 17.3 Å². The second-order valence-electron chi connectivity index (χ2n) is 7.31. The SMILES string of the molecule is Cc1ccc(C)c(N(CC(=O)Nc2ccc(S(=O)(=O)Nc3ncccn3)cc2)S(C)(=O)=O)c1. The van der Waals surface area contributed by atoms with Gasteiger partial charge in [0.15, 0.2) is 0 Å². The first-order valence-corrected chi connectivity index (χ1v) is 13.0. The van der Waals surface area contributed by atoms with E-state index in [0.29, 0.717) is 16.9 Å². The van der Waals surface area contributed by atoms with E-state index in [9.17, 15) is 21.6 Å². The summed E-state index contributed by atoms with van der Waals surface area (Å²) >= 11 is 0. The maximum absolute atomic E-state index is 12.6. The highest BCUT2D eigenvalue weighted by atomic mass is 32.2. The van der Waals surface area contributed by atoms with Gasteiger partial charge in [-0.3, -0.25) is 9.10 Å². The molecule has 0 aliphatic carbocycles. The lowest BCUT2D eigenvalue weighted by Crippen LogP contribution is -2.37. The summed E-state index contributed by atoms with van der Waals surface area (Å²) in [6.07, 6.45) is 3.84. The average molecular weight is 490 g/mol. The van der Waals surface area contributed by atoms with E-state index >= 15 is 0 Å². The number of amides is 1. The summed E-state index contributed by atoms with van der Waals surface area (Å²) in [5, 5.41) is 2.59. The van der Waals surface area contributed by atoms with Gasteiger partial charge in [0.2, 0.25) is 21.9 Å². The number of carbonyl (C=O) groups excluding carboxylic acids is 1. The molecule has 1 aromatic heterocycles. The first-order valence-electron chi connectivity index (χ1n) is 9.70. The quantitative estimate of drug-likeness (QED) is 0.495. The lowest BCUT2D eigenvalue weighted by Gasteiger charge is -2.24. The number of carbonyl (C=O) groups is 1. The van der Waals surface area contributed by atoms with Crippen LogP contribution in [0, 0.1) is 13.8 Å². The van der Waals surface area contributed by atoms with Crippen LogP contribution in [0.25, 0.3) is 0 Å². The predicted octanol–water partition coefficient (Wildman–Crippen LogP) is 2.30. The largest absolute Gasteiger partial charge is 0.325 e. The summed E-state index contributed by atoms with van der Waals surface area (Å²) in [7, 11) is -7.64. The van der Waals surface area contributed by atoms with Crippen LogP contribution in [0.1, 0.15) is 11.1 Å². The van der Waals surface area contributed by atoms with E-state index in [0.717, 1.165) is 16.1 Å². The molecule has 3 aromatic rings. The number of rotatable bonds is 8. The van der Waals surface area contributed by atoms with E-state index in [2.05, 4.69) is 20.0 Å². The molecule has 33 heavy (non-hydrogen) atoms. The number of aromatic nitrogens is 2. The molecule has 0 saturated heterocycles. The fourth-order valence-corrected chi connectivity index (χ4v) is 4.81. The molecule has 0 spiro atoms. The van der Waals surface area contributed by atoms with Gasteiger partial charge < -0.3 is 5.32 Å². The molecule has 1 heterocycles. The molecule has 2 N–H and O–H groups in total. The number of nitrogens with zero attached hydrogens (tertiary/aromatic N) is 3. The van der Waals surface area contributed by atoms with Crippen LogP contribution in [0.5, 0.6) is 0 Å². The highest BCUT2D eigenvalue weighted by molar-refractivity contribution is 7.92. The number of nitrogens with one attached hydrogen (secondary N) is 2. The Morgan fingerprint density at radius 2 is 1.61 bits per heavy atom. The van der Waals surface area contributed by atoms with Crippen molar-refractivity contribution in [2.75, 3.05) is 27.1 Å². The Morgan fingerprint density at radius 3 is 2.21 bits per heavy atom. The molecule has 12 heteroatoms. The van der Waals surface area contributed by atoms with Crippen molar-refractivity contribution >= 4 is 43.3 Å². The lowest BCUT2D eigenvalue weighted by molar-refractivity contribution is -0.114. The molecular weight excluding hydrogens is 466 g/mol. The van der Waals surface area contributed by atoms with Crippen molar-refractivity contribution in [3.63, 3.8) is 0 Å². The molecule has 174 valence electrons. The monoisotopic (exact) mass is 489 g/mol. The minimum atomic E-state index is -3.92. The molecule has 0 fully saturated rings. The van der Waals surface area contributed by atoms with Crippen LogP contribution in [0.2, 0.25) is 0 Å². The van der Waals surface area contributed by atoms with Gasteiger partial charge in [-0.2, -0.15) is 0 Å². The zero-order valence-electron chi connectivity index (χ0n) is 18.2. The Bertz CT molecular complexity index is 1360. The first kappa shape index (κ1) is 24.1.